The van der Waals surface area contributed by atoms with Gasteiger partial charge in [0.25, 0.3) is 0 Å². The van der Waals surface area contributed by atoms with E-state index < -0.39 is 6.09 Å². The van der Waals surface area contributed by atoms with E-state index >= 15 is 0 Å². The molecular weight excluding hydrogens is 348 g/mol. The number of thioether (sulfide) groups is 1. The molecule has 0 fully saturated rings. The van der Waals surface area contributed by atoms with Crippen molar-refractivity contribution in [1.29, 1.82) is 0 Å². The highest BCUT2D eigenvalue weighted by molar-refractivity contribution is 7.99. The number of methoxy groups -OCH3 is 1. The number of alkyl carbamates (subject to hydrolysis) is 1. The topological polar surface area (TPSA) is 82.7 Å². The molecule has 0 heterocycles. The summed E-state index contributed by atoms with van der Waals surface area (Å²) in [6, 6.07) is 5.58. The number of amides is 2. The molecule has 3 N–H and O–H groups in total. The molecule has 1 rings (SSSR count). The number of hydrogen-bond acceptors (Lipinski definition) is 6. The predicted octanol–water partition coefficient (Wildman–Crippen LogP) is 2.35. The second-order valence-corrected chi connectivity index (χ2v) is 6.74. The minimum absolute atomic E-state index is 0.0841. The Hall–Kier alpha value is -1.84. The molecule has 9 heteroatoms. The number of thiocarbonyl (C=S) groups is 1. The zero-order chi connectivity index (χ0) is 18.1. The van der Waals surface area contributed by atoms with Gasteiger partial charge < -0.3 is 20.3 Å². The van der Waals surface area contributed by atoms with E-state index in [9.17, 15) is 9.59 Å². The molecule has 0 aliphatic heterocycles. The fraction of sp³-hybridized carbons (Fsp3) is 0.400. The zero-order valence-corrected chi connectivity index (χ0v) is 15.8. The number of nitrogens with zero attached hydrogens (tertiary/aromatic N) is 1. The van der Waals surface area contributed by atoms with Gasteiger partial charge in [-0.25, -0.2) is 4.79 Å². The van der Waals surface area contributed by atoms with E-state index in [0.29, 0.717) is 11.4 Å². The quantitative estimate of drug-likeness (QED) is 0.524. The SMILES string of the molecule is CCSc1ccc(NC(=S)NC(=O)OC)c(NC(=O)CN(C)C)c1. The highest BCUT2D eigenvalue weighted by atomic mass is 32.2. The minimum atomic E-state index is -0.663. The van der Waals surface area contributed by atoms with Crippen LogP contribution in [0.25, 0.3) is 0 Å². The van der Waals surface area contributed by atoms with Gasteiger partial charge in [-0.2, -0.15) is 0 Å². The molecule has 0 aliphatic rings. The predicted molar refractivity (Wildman–Crippen MR) is 102 cm³/mol. The van der Waals surface area contributed by atoms with Crippen molar-refractivity contribution in [3.05, 3.63) is 18.2 Å². The lowest BCUT2D eigenvalue weighted by molar-refractivity contribution is -0.116. The van der Waals surface area contributed by atoms with Crippen LogP contribution in [0, 0.1) is 0 Å². The molecule has 0 bridgehead atoms. The number of benzene rings is 1. The molecule has 132 valence electrons. The Morgan fingerprint density at radius 3 is 2.54 bits per heavy atom. The summed E-state index contributed by atoms with van der Waals surface area (Å²) in [6.07, 6.45) is -0.663. The van der Waals surface area contributed by atoms with Crippen molar-refractivity contribution in [2.75, 3.05) is 44.1 Å². The van der Waals surface area contributed by atoms with E-state index in [1.54, 1.807) is 22.7 Å². The molecule has 0 radical (unpaired) electrons. The van der Waals surface area contributed by atoms with E-state index in [0.717, 1.165) is 10.6 Å². The van der Waals surface area contributed by atoms with Gasteiger partial charge in [0.15, 0.2) is 5.11 Å². The van der Waals surface area contributed by atoms with Gasteiger partial charge in [0.05, 0.1) is 25.0 Å². The van der Waals surface area contributed by atoms with Gasteiger partial charge in [-0.05, 0) is 50.3 Å². The average Bonchev–Trinajstić information content (AvgIpc) is 2.49. The average molecular weight is 371 g/mol. The Morgan fingerprint density at radius 2 is 1.96 bits per heavy atom. The molecule has 0 unspecified atom stereocenters. The van der Waals surface area contributed by atoms with Gasteiger partial charge in [0.2, 0.25) is 5.91 Å². The van der Waals surface area contributed by atoms with E-state index in [2.05, 4.69) is 27.6 Å². The molecule has 1 aromatic rings. The van der Waals surface area contributed by atoms with Gasteiger partial charge in [0, 0.05) is 4.90 Å². The first-order valence-electron chi connectivity index (χ1n) is 7.23. The summed E-state index contributed by atoms with van der Waals surface area (Å²) >= 11 is 6.72. The smallest absolute Gasteiger partial charge is 0.413 e. The Kier molecular flexibility index (Phi) is 8.51. The zero-order valence-electron chi connectivity index (χ0n) is 14.1. The lowest BCUT2D eigenvalue weighted by Gasteiger charge is -2.16. The van der Waals surface area contributed by atoms with E-state index in [1.165, 1.54) is 7.11 Å². The monoisotopic (exact) mass is 370 g/mol. The summed E-state index contributed by atoms with van der Waals surface area (Å²) in [7, 11) is 4.89. The van der Waals surface area contributed by atoms with Crippen LogP contribution in [0.4, 0.5) is 16.2 Å². The summed E-state index contributed by atoms with van der Waals surface area (Å²) in [4.78, 5) is 26.0. The molecule has 0 aliphatic carbocycles. The van der Waals surface area contributed by atoms with Gasteiger partial charge in [0.1, 0.15) is 0 Å². The summed E-state index contributed by atoms with van der Waals surface area (Å²) in [6.45, 7) is 2.31. The number of nitrogens with one attached hydrogen (secondary N) is 3. The molecular formula is C15H22N4O3S2. The fourth-order valence-corrected chi connectivity index (χ4v) is 2.66. The Morgan fingerprint density at radius 1 is 1.25 bits per heavy atom. The first kappa shape index (κ1) is 20.2. The lowest BCUT2D eigenvalue weighted by Crippen LogP contribution is -2.34. The highest BCUT2D eigenvalue weighted by Gasteiger charge is 2.11. The molecule has 0 spiro atoms. The summed E-state index contributed by atoms with van der Waals surface area (Å²) in [5, 5.41) is 8.19. The van der Waals surface area contributed by atoms with Crippen molar-refractivity contribution in [1.82, 2.24) is 10.2 Å². The number of carbonyl (C=O) groups excluding carboxylic acids is 2. The van der Waals surface area contributed by atoms with E-state index in [-0.39, 0.29) is 17.6 Å². The fourth-order valence-electron chi connectivity index (χ4n) is 1.77. The van der Waals surface area contributed by atoms with Crippen LogP contribution in [0.1, 0.15) is 6.92 Å². The number of rotatable bonds is 6. The maximum absolute atomic E-state index is 12.0. The van der Waals surface area contributed by atoms with Crippen molar-refractivity contribution in [2.24, 2.45) is 0 Å². The number of ether oxygens (including phenoxy) is 1. The largest absolute Gasteiger partial charge is 0.453 e. The molecule has 7 nitrogen and oxygen atoms in total. The molecule has 2 amide bonds. The molecule has 0 saturated heterocycles. The number of likely N-dealkylation sites (N-methyl/N-ethyl adjacent to an activating group) is 1. The Labute approximate surface area is 151 Å². The molecule has 24 heavy (non-hydrogen) atoms. The van der Waals surface area contributed by atoms with Crippen molar-refractivity contribution in [3.8, 4) is 0 Å². The third-order valence-corrected chi connectivity index (χ3v) is 3.77. The minimum Gasteiger partial charge on any atom is -0.453 e. The normalized spacial score (nSPS) is 10.2. The van der Waals surface area contributed by atoms with Crippen LogP contribution in [0.2, 0.25) is 0 Å². The van der Waals surface area contributed by atoms with Gasteiger partial charge >= 0.3 is 6.09 Å². The third kappa shape index (κ3) is 7.16. The first-order chi connectivity index (χ1) is 11.3. The lowest BCUT2D eigenvalue weighted by atomic mass is 10.2. The van der Waals surface area contributed by atoms with Crippen LogP contribution >= 0.6 is 24.0 Å². The maximum Gasteiger partial charge on any atom is 0.413 e. The molecule has 0 saturated carbocycles. The van der Waals surface area contributed by atoms with Crippen LogP contribution in [-0.4, -0.2) is 55.5 Å². The standard InChI is InChI=1S/C15H22N4O3S2/c1-5-24-10-6-7-11(17-14(23)18-15(21)22-4)12(8-10)16-13(20)9-19(2)3/h6-8H,5,9H2,1-4H3,(H,16,20)(H2,17,18,21,23). The maximum atomic E-state index is 12.0. The van der Waals surface area contributed by atoms with Gasteiger partial charge in [-0.1, -0.05) is 6.92 Å². The number of anilines is 2. The van der Waals surface area contributed by atoms with Gasteiger partial charge in [-0.15, -0.1) is 11.8 Å². The molecule has 0 aromatic heterocycles. The second kappa shape index (κ2) is 10.1. The van der Waals surface area contributed by atoms with Crippen molar-refractivity contribution >= 4 is 52.5 Å². The van der Waals surface area contributed by atoms with Crippen LogP contribution < -0.4 is 16.0 Å². The van der Waals surface area contributed by atoms with Crippen molar-refractivity contribution in [2.45, 2.75) is 11.8 Å². The van der Waals surface area contributed by atoms with Crippen molar-refractivity contribution in [3.63, 3.8) is 0 Å². The summed E-state index contributed by atoms with van der Waals surface area (Å²) in [5.41, 5.74) is 1.18. The third-order valence-electron chi connectivity index (χ3n) is 2.69. The number of hydrogen-bond donors (Lipinski definition) is 3. The Bertz CT molecular complexity index is 608. The number of carbonyl (C=O) groups is 2. The van der Waals surface area contributed by atoms with E-state index in [4.69, 9.17) is 12.2 Å². The van der Waals surface area contributed by atoms with E-state index in [1.807, 2.05) is 26.2 Å². The van der Waals surface area contributed by atoms with Crippen LogP contribution in [0.3, 0.4) is 0 Å². The van der Waals surface area contributed by atoms with Crippen molar-refractivity contribution < 1.29 is 14.3 Å². The summed E-state index contributed by atoms with van der Waals surface area (Å²) < 4.78 is 4.49. The highest BCUT2D eigenvalue weighted by Crippen LogP contribution is 2.28. The second-order valence-electron chi connectivity index (χ2n) is 5.00. The Balaban J connectivity index is 2.94. The summed E-state index contributed by atoms with van der Waals surface area (Å²) in [5.74, 6) is 0.772. The molecule has 1 aromatic carbocycles. The van der Waals surface area contributed by atoms with Crippen LogP contribution in [-0.2, 0) is 9.53 Å². The first-order valence-corrected chi connectivity index (χ1v) is 8.62. The van der Waals surface area contributed by atoms with Crippen LogP contribution in [0.5, 0.6) is 0 Å². The van der Waals surface area contributed by atoms with Crippen LogP contribution in [0.15, 0.2) is 23.1 Å². The van der Waals surface area contributed by atoms with Gasteiger partial charge in [-0.3, -0.25) is 10.1 Å². The molecule has 0 atom stereocenters.